The van der Waals surface area contributed by atoms with Crippen LogP contribution in [0.2, 0.25) is 5.02 Å². The highest BCUT2D eigenvalue weighted by atomic mass is 35.5. The van der Waals surface area contributed by atoms with Crippen LogP contribution in [0.4, 0.5) is 5.69 Å². The number of hydrogen-bond acceptors (Lipinski definition) is 5. The van der Waals surface area contributed by atoms with Crippen LogP contribution in [-0.4, -0.2) is 31.9 Å². The molecule has 2 aromatic carbocycles. The maximum Gasteiger partial charge on any atom is 0.268 e. The SMILES string of the molecule is COc1ccc(NC(=O)[C@@H]2CC(c3ccc(Cl)cc3)=NO2)cc1OC. The zero-order valence-electron chi connectivity index (χ0n) is 13.8. The summed E-state index contributed by atoms with van der Waals surface area (Å²) in [7, 11) is 3.09. The number of methoxy groups -OCH3 is 2. The standard InChI is InChI=1S/C18H17ClN2O4/c1-23-15-8-7-13(9-16(15)24-2)20-18(22)17-10-14(21-25-17)11-3-5-12(19)6-4-11/h3-9,17H,10H2,1-2H3,(H,20,22)/t17-/m0/s1. The maximum absolute atomic E-state index is 12.4. The van der Waals surface area contributed by atoms with E-state index in [9.17, 15) is 4.79 Å². The molecule has 0 fully saturated rings. The Morgan fingerprint density at radius 1 is 1.16 bits per heavy atom. The molecular formula is C18H17ClN2O4. The molecule has 0 spiro atoms. The Labute approximate surface area is 150 Å². The van der Waals surface area contributed by atoms with Crippen LogP contribution in [0.15, 0.2) is 47.6 Å². The third-order valence-electron chi connectivity index (χ3n) is 3.79. The van der Waals surface area contributed by atoms with Crippen molar-refractivity contribution < 1.29 is 19.1 Å². The minimum Gasteiger partial charge on any atom is -0.493 e. The predicted molar refractivity (Wildman–Crippen MR) is 95.7 cm³/mol. The van der Waals surface area contributed by atoms with Gasteiger partial charge in [-0.3, -0.25) is 4.79 Å². The third-order valence-corrected chi connectivity index (χ3v) is 4.04. The fourth-order valence-corrected chi connectivity index (χ4v) is 2.59. The topological polar surface area (TPSA) is 69.2 Å². The van der Waals surface area contributed by atoms with Crippen LogP contribution in [0, 0.1) is 0 Å². The Hall–Kier alpha value is -2.73. The Balaban J connectivity index is 1.64. The lowest BCUT2D eigenvalue weighted by Gasteiger charge is -2.12. The number of nitrogens with one attached hydrogen (secondary N) is 1. The summed E-state index contributed by atoms with van der Waals surface area (Å²) in [4.78, 5) is 17.7. The first-order chi connectivity index (χ1) is 12.1. The number of halogens is 1. The Morgan fingerprint density at radius 3 is 2.56 bits per heavy atom. The van der Waals surface area contributed by atoms with E-state index in [1.54, 1.807) is 37.4 Å². The fourth-order valence-electron chi connectivity index (χ4n) is 2.47. The molecule has 0 saturated carbocycles. The number of carbonyl (C=O) groups excluding carboxylic acids is 1. The summed E-state index contributed by atoms with van der Waals surface area (Å²) in [5, 5.41) is 7.45. The van der Waals surface area contributed by atoms with Crippen LogP contribution in [0.25, 0.3) is 0 Å². The summed E-state index contributed by atoms with van der Waals surface area (Å²) >= 11 is 5.88. The van der Waals surface area contributed by atoms with Crippen molar-refractivity contribution in [1.29, 1.82) is 0 Å². The molecule has 0 bridgehead atoms. The number of nitrogens with zero attached hydrogens (tertiary/aromatic N) is 1. The van der Waals surface area contributed by atoms with Crippen molar-refractivity contribution in [2.45, 2.75) is 12.5 Å². The monoisotopic (exact) mass is 360 g/mol. The van der Waals surface area contributed by atoms with Gasteiger partial charge < -0.3 is 19.6 Å². The van der Waals surface area contributed by atoms with Gasteiger partial charge in [-0.25, -0.2) is 0 Å². The van der Waals surface area contributed by atoms with Crippen LogP contribution < -0.4 is 14.8 Å². The van der Waals surface area contributed by atoms with Crippen LogP contribution in [-0.2, 0) is 9.63 Å². The molecule has 0 aliphatic carbocycles. The first kappa shape index (κ1) is 17.1. The summed E-state index contributed by atoms with van der Waals surface area (Å²) in [6.45, 7) is 0. The van der Waals surface area contributed by atoms with Crippen LogP contribution in [0.1, 0.15) is 12.0 Å². The summed E-state index contributed by atoms with van der Waals surface area (Å²) in [6.07, 6.45) is -0.292. The number of amides is 1. The van der Waals surface area contributed by atoms with E-state index >= 15 is 0 Å². The Morgan fingerprint density at radius 2 is 1.88 bits per heavy atom. The van der Waals surface area contributed by atoms with Gasteiger partial charge in [0.15, 0.2) is 11.5 Å². The van der Waals surface area contributed by atoms with Crippen molar-refractivity contribution in [2.24, 2.45) is 5.16 Å². The molecule has 1 atom stereocenters. The highest BCUT2D eigenvalue weighted by Crippen LogP contribution is 2.30. The van der Waals surface area contributed by atoms with Gasteiger partial charge in [-0.05, 0) is 29.8 Å². The number of benzene rings is 2. The van der Waals surface area contributed by atoms with Crippen molar-refractivity contribution >= 4 is 28.9 Å². The highest BCUT2D eigenvalue weighted by molar-refractivity contribution is 6.30. The largest absolute Gasteiger partial charge is 0.493 e. The van der Waals surface area contributed by atoms with E-state index in [4.69, 9.17) is 25.9 Å². The van der Waals surface area contributed by atoms with Crippen molar-refractivity contribution in [3.8, 4) is 11.5 Å². The van der Waals surface area contributed by atoms with Crippen LogP contribution in [0.3, 0.4) is 0 Å². The molecule has 6 nitrogen and oxygen atoms in total. The molecule has 1 aliphatic rings. The van der Waals surface area contributed by atoms with Gasteiger partial charge in [-0.2, -0.15) is 0 Å². The van der Waals surface area contributed by atoms with E-state index in [-0.39, 0.29) is 5.91 Å². The zero-order valence-corrected chi connectivity index (χ0v) is 14.5. The van der Waals surface area contributed by atoms with Gasteiger partial charge in [0.1, 0.15) is 0 Å². The van der Waals surface area contributed by atoms with Crippen LogP contribution in [0.5, 0.6) is 11.5 Å². The molecule has 0 saturated heterocycles. The van der Waals surface area contributed by atoms with Gasteiger partial charge in [0.2, 0.25) is 6.10 Å². The van der Waals surface area contributed by atoms with Gasteiger partial charge in [0, 0.05) is 23.2 Å². The second kappa shape index (κ2) is 7.44. The van der Waals surface area contributed by atoms with E-state index < -0.39 is 6.10 Å². The molecule has 3 rings (SSSR count). The van der Waals surface area contributed by atoms with E-state index in [0.717, 1.165) is 5.56 Å². The van der Waals surface area contributed by atoms with Gasteiger partial charge in [0.05, 0.1) is 19.9 Å². The molecule has 1 amide bonds. The number of oxime groups is 1. The van der Waals surface area contributed by atoms with Gasteiger partial charge in [0.25, 0.3) is 5.91 Å². The van der Waals surface area contributed by atoms with E-state index in [1.165, 1.54) is 7.11 Å². The minimum atomic E-state index is -0.682. The van der Waals surface area contributed by atoms with E-state index in [1.807, 2.05) is 12.1 Å². The molecule has 7 heteroatoms. The summed E-state index contributed by atoms with van der Waals surface area (Å²) in [5.74, 6) is 0.844. The lowest BCUT2D eigenvalue weighted by atomic mass is 10.0. The lowest BCUT2D eigenvalue weighted by molar-refractivity contribution is -0.125. The molecule has 130 valence electrons. The number of ether oxygens (including phenoxy) is 2. The van der Waals surface area contributed by atoms with Crippen LogP contribution >= 0.6 is 11.6 Å². The maximum atomic E-state index is 12.4. The number of anilines is 1. The van der Waals surface area contributed by atoms with Crippen molar-refractivity contribution in [3.63, 3.8) is 0 Å². The zero-order chi connectivity index (χ0) is 17.8. The molecule has 1 N–H and O–H groups in total. The average molecular weight is 361 g/mol. The number of hydrogen-bond donors (Lipinski definition) is 1. The summed E-state index contributed by atoms with van der Waals surface area (Å²) < 4.78 is 10.4. The van der Waals surface area contributed by atoms with Crippen molar-refractivity contribution in [1.82, 2.24) is 0 Å². The molecule has 1 heterocycles. The molecule has 0 radical (unpaired) electrons. The molecule has 0 unspecified atom stereocenters. The second-order valence-electron chi connectivity index (χ2n) is 5.40. The molecule has 25 heavy (non-hydrogen) atoms. The molecule has 2 aromatic rings. The molecule has 1 aliphatic heterocycles. The van der Waals surface area contributed by atoms with Crippen molar-refractivity contribution in [2.75, 3.05) is 19.5 Å². The predicted octanol–water partition coefficient (Wildman–Crippen LogP) is 3.49. The lowest BCUT2D eigenvalue weighted by Crippen LogP contribution is -2.28. The first-order valence-corrected chi connectivity index (χ1v) is 8.00. The normalized spacial score (nSPS) is 16.0. The smallest absolute Gasteiger partial charge is 0.268 e. The average Bonchev–Trinajstić information content (AvgIpc) is 3.12. The second-order valence-corrected chi connectivity index (χ2v) is 5.84. The van der Waals surface area contributed by atoms with E-state index in [0.29, 0.717) is 34.3 Å². The number of carbonyl (C=O) groups is 1. The Bertz CT molecular complexity index is 805. The molecule has 0 aromatic heterocycles. The quantitative estimate of drug-likeness (QED) is 0.886. The van der Waals surface area contributed by atoms with Gasteiger partial charge >= 0.3 is 0 Å². The summed E-state index contributed by atoms with van der Waals surface area (Å²) in [6, 6.07) is 12.4. The van der Waals surface area contributed by atoms with E-state index in [2.05, 4.69) is 10.5 Å². The van der Waals surface area contributed by atoms with Crippen molar-refractivity contribution in [3.05, 3.63) is 53.1 Å². The molecular weight excluding hydrogens is 344 g/mol. The first-order valence-electron chi connectivity index (χ1n) is 7.62. The van der Waals surface area contributed by atoms with Gasteiger partial charge in [-0.1, -0.05) is 28.9 Å². The minimum absolute atomic E-state index is 0.278. The van der Waals surface area contributed by atoms with Gasteiger partial charge in [-0.15, -0.1) is 0 Å². The number of rotatable bonds is 5. The fraction of sp³-hybridized carbons (Fsp3) is 0.222. The summed E-state index contributed by atoms with van der Waals surface area (Å²) in [5.41, 5.74) is 2.18. The highest BCUT2D eigenvalue weighted by Gasteiger charge is 2.29. The third kappa shape index (κ3) is 3.85. The Kier molecular flexibility index (Phi) is 5.09.